The normalized spacial score (nSPS) is 23.1. The van der Waals surface area contributed by atoms with Crippen LogP contribution in [0.2, 0.25) is 0 Å². The van der Waals surface area contributed by atoms with Crippen LogP contribution in [0.4, 0.5) is 0 Å². The lowest BCUT2D eigenvalue weighted by Gasteiger charge is -2.22. The van der Waals surface area contributed by atoms with Gasteiger partial charge in [0.25, 0.3) is 5.91 Å². The molecule has 0 saturated carbocycles. The molecular formula is C15H18N2O3S. The second kappa shape index (κ2) is 6.07. The van der Waals surface area contributed by atoms with E-state index in [9.17, 15) is 9.59 Å². The van der Waals surface area contributed by atoms with E-state index < -0.39 is 0 Å². The Balaban J connectivity index is 1.68. The molecule has 5 nitrogen and oxygen atoms in total. The highest BCUT2D eigenvalue weighted by Gasteiger charge is 2.48. The van der Waals surface area contributed by atoms with Crippen molar-refractivity contribution in [3.63, 3.8) is 0 Å². The molecule has 0 unspecified atom stereocenters. The predicted octanol–water partition coefficient (Wildman–Crippen LogP) is 1.41. The van der Waals surface area contributed by atoms with Gasteiger partial charge in [0, 0.05) is 31.6 Å². The highest BCUT2D eigenvalue weighted by atomic mass is 32.2. The molecule has 2 aliphatic heterocycles. The topological polar surface area (TPSA) is 58.6 Å². The molecule has 1 N–H and O–H groups in total. The molecule has 112 valence electrons. The maximum atomic E-state index is 12.5. The number of hydrogen-bond acceptors (Lipinski definition) is 4. The Bertz CT molecular complexity index is 564. The van der Waals surface area contributed by atoms with Crippen molar-refractivity contribution in [1.29, 1.82) is 0 Å². The van der Waals surface area contributed by atoms with Gasteiger partial charge in [0.1, 0.15) is 11.4 Å². The number of methoxy groups -OCH3 is 1. The van der Waals surface area contributed by atoms with Crippen molar-refractivity contribution in [3.8, 4) is 0 Å². The highest BCUT2D eigenvalue weighted by molar-refractivity contribution is 7.99. The van der Waals surface area contributed by atoms with Gasteiger partial charge in [0.15, 0.2) is 0 Å². The van der Waals surface area contributed by atoms with E-state index >= 15 is 0 Å². The van der Waals surface area contributed by atoms with Crippen molar-refractivity contribution in [2.24, 2.45) is 0 Å². The number of carbonyl (C=O) groups is 2. The molecule has 1 aromatic rings. The highest BCUT2D eigenvalue weighted by Crippen LogP contribution is 2.47. The molecule has 3 rings (SSSR count). The van der Waals surface area contributed by atoms with E-state index in [0.717, 1.165) is 17.5 Å². The SMILES string of the molecule is COCCCNC(=O)[C@@H]1CS[C@H]2c3ccccc3C(=O)N12. The van der Waals surface area contributed by atoms with Crippen LogP contribution in [0.1, 0.15) is 27.7 Å². The zero-order valence-corrected chi connectivity index (χ0v) is 12.7. The number of thioether (sulfide) groups is 1. The largest absolute Gasteiger partial charge is 0.385 e. The van der Waals surface area contributed by atoms with Crippen LogP contribution in [-0.4, -0.2) is 48.8 Å². The summed E-state index contributed by atoms with van der Waals surface area (Å²) in [5.41, 5.74) is 1.76. The van der Waals surface area contributed by atoms with E-state index in [1.807, 2.05) is 24.3 Å². The van der Waals surface area contributed by atoms with E-state index in [0.29, 0.717) is 18.9 Å². The van der Waals surface area contributed by atoms with Crippen LogP contribution in [0.3, 0.4) is 0 Å². The van der Waals surface area contributed by atoms with E-state index in [1.165, 1.54) is 0 Å². The molecule has 1 saturated heterocycles. The summed E-state index contributed by atoms with van der Waals surface area (Å²) < 4.78 is 4.96. The number of rotatable bonds is 5. The van der Waals surface area contributed by atoms with Crippen LogP contribution in [-0.2, 0) is 9.53 Å². The van der Waals surface area contributed by atoms with Gasteiger partial charge < -0.3 is 15.0 Å². The number of nitrogens with one attached hydrogen (secondary N) is 1. The summed E-state index contributed by atoms with van der Waals surface area (Å²) in [4.78, 5) is 26.5. The van der Waals surface area contributed by atoms with E-state index in [-0.39, 0.29) is 23.2 Å². The molecule has 0 aliphatic carbocycles. The Morgan fingerprint density at radius 1 is 1.48 bits per heavy atom. The minimum Gasteiger partial charge on any atom is -0.385 e. The van der Waals surface area contributed by atoms with Gasteiger partial charge in [0.2, 0.25) is 5.91 Å². The quantitative estimate of drug-likeness (QED) is 0.836. The van der Waals surface area contributed by atoms with E-state index in [2.05, 4.69) is 5.32 Å². The molecule has 1 aromatic carbocycles. The number of benzene rings is 1. The van der Waals surface area contributed by atoms with Crippen molar-refractivity contribution >= 4 is 23.6 Å². The molecular weight excluding hydrogens is 288 g/mol. The second-order valence-electron chi connectivity index (χ2n) is 5.14. The Labute approximate surface area is 128 Å². The standard InChI is InChI=1S/C15H18N2O3S/c1-20-8-4-7-16-13(18)12-9-21-15-11-6-3-2-5-10(11)14(19)17(12)15/h2-3,5-6,12,15H,4,7-9H2,1H3,(H,16,18)/t12-,15-/m0/s1. The fourth-order valence-electron chi connectivity index (χ4n) is 2.79. The summed E-state index contributed by atoms with van der Waals surface area (Å²) in [5, 5.41) is 2.88. The van der Waals surface area contributed by atoms with Crippen LogP contribution in [0.25, 0.3) is 0 Å². The predicted molar refractivity (Wildman–Crippen MR) is 81.1 cm³/mol. The number of amides is 2. The molecule has 6 heteroatoms. The molecule has 0 aromatic heterocycles. The summed E-state index contributed by atoms with van der Waals surface area (Å²) in [5.74, 6) is 0.556. The molecule has 0 spiro atoms. The van der Waals surface area contributed by atoms with Gasteiger partial charge >= 0.3 is 0 Å². The lowest BCUT2D eigenvalue weighted by Crippen LogP contribution is -2.46. The fourth-order valence-corrected chi connectivity index (χ4v) is 4.25. The van der Waals surface area contributed by atoms with Crippen LogP contribution in [0, 0.1) is 0 Å². The average Bonchev–Trinajstić information content (AvgIpc) is 3.05. The van der Waals surface area contributed by atoms with Crippen LogP contribution in [0.15, 0.2) is 24.3 Å². The monoisotopic (exact) mass is 306 g/mol. The Hall–Kier alpha value is -1.53. The number of ether oxygens (including phenoxy) is 1. The van der Waals surface area contributed by atoms with Gasteiger partial charge in [-0.05, 0) is 18.1 Å². The lowest BCUT2D eigenvalue weighted by molar-refractivity contribution is -0.124. The summed E-state index contributed by atoms with van der Waals surface area (Å²) in [6, 6.07) is 7.24. The zero-order chi connectivity index (χ0) is 14.8. The third-order valence-electron chi connectivity index (χ3n) is 3.82. The molecule has 21 heavy (non-hydrogen) atoms. The lowest BCUT2D eigenvalue weighted by atomic mass is 10.1. The van der Waals surface area contributed by atoms with Crippen molar-refractivity contribution in [1.82, 2.24) is 10.2 Å². The van der Waals surface area contributed by atoms with Gasteiger partial charge in [-0.3, -0.25) is 9.59 Å². The minimum atomic E-state index is -0.373. The molecule has 2 amide bonds. The van der Waals surface area contributed by atoms with Crippen molar-refractivity contribution in [3.05, 3.63) is 35.4 Å². The fraction of sp³-hybridized carbons (Fsp3) is 0.467. The van der Waals surface area contributed by atoms with Gasteiger partial charge in [0.05, 0.1) is 0 Å². The number of nitrogens with zero attached hydrogens (tertiary/aromatic N) is 1. The summed E-state index contributed by atoms with van der Waals surface area (Å²) >= 11 is 1.66. The molecule has 1 fully saturated rings. The van der Waals surface area contributed by atoms with Crippen molar-refractivity contribution in [2.75, 3.05) is 26.0 Å². The van der Waals surface area contributed by atoms with Crippen molar-refractivity contribution < 1.29 is 14.3 Å². The van der Waals surface area contributed by atoms with Gasteiger partial charge in [-0.15, -0.1) is 11.8 Å². The number of carbonyl (C=O) groups excluding carboxylic acids is 2. The zero-order valence-electron chi connectivity index (χ0n) is 11.9. The first-order valence-electron chi connectivity index (χ1n) is 7.04. The summed E-state index contributed by atoms with van der Waals surface area (Å²) in [6.45, 7) is 1.20. The third kappa shape index (κ3) is 2.53. The summed E-state index contributed by atoms with van der Waals surface area (Å²) in [7, 11) is 1.64. The smallest absolute Gasteiger partial charge is 0.256 e. The number of fused-ring (bicyclic) bond motifs is 3. The van der Waals surface area contributed by atoms with Gasteiger partial charge in [-0.1, -0.05) is 18.2 Å². The van der Waals surface area contributed by atoms with Gasteiger partial charge in [-0.25, -0.2) is 0 Å². The minimum absolute atomic E-state index is 0.0107. The van der Waals surface area contributed by atoms with Gasteiger partial charge in [-0.2, -0.15) is 0 Å². The van der Waals surface area contributed by atoms with Crippen molar-refractivity contribution in [2.45, 2.75) is 17.8 Å². The maximum absolute atomic E-state index is 12.5. The van der Waals surface area contributed by atoms with Crippen LogP contribution >= 0.6 is 11.8 Å². The Kier molecular flexibility index (Phi) is 4.17. The molecule has 0 bridgehead atoms. The van der Waals surface area contributed by atoms with Crippen LogP contribution in [0.5, 0.6) is 0 Å². The molecule has 0 radical (unpaired) electrons. The Morgan fingerprint density at radius 2 is 2.29 bits per heavy atom. The molecule has 2 aliphatic rings. The molecule has 2 atom stereocenters. The first kappa shape index (κ1) is 14.4. The number of hydrogen-bond donors (Lipinski definition) is 1. The Morgan fingerprint density at radius 3 is 3.10 bits per heavy atom. The summed E-state index contributed by atoms with van der Waals surface area (Å²) in [6.07, 6.45) is 0.777. The van der Waals surface area contributed by atoms with E-state index in [4.69, 9.17) is 4.74 Å². The first-order chi connectivity index (χ1) is 10.2. The maximum Gasteiger partial charge on any atom is 0.256 e. The first-order valence-corrected chi connectivity index (χ1v) is 8.08. The van der Waals surface area contributed by atoms with Crippen LogP contribution < -0.4 is 5.32 Å². The average molecular weight is 306 g/mol. The third-order valence-corrected chi connectivity index (χ3v) is 5.12. The van der Waals surface area contributed by atoms with E-state index in [1.54, 1.807) is 23.8 Å². The molecule has 2 heterocycles. The second-order valence-corrected chi connectivity index (χ2v) is 6.25.